The number of rotatable bonds is 4. The second-order valence-corrected chi connectivity index (χ2v) is 6.48. The SMILES string of the molecule is Cc1ccc(Cl)cc1NC(=O)CN1CCCC1c1ccccc1. The molecular formula is C19H21ClN2O. The maximum atomic E-state index is 12.4. The van der Waals surface area contributed by atoms with E-state index in [2.05, 4.69) is 34.5 Å². The molecule has 2 aromatic carbocycles. The molecule has 1 atom stereocenters. The summed E-state index contributed by atoms with van der Waals surface area (Å²) in [5, 5.41) is 3.62. The van der Waals surface area contributed by atoms with Gasteiger partial charge in [-0.3, -0.25) is 9.69 Å². The van der Waals surface area contributed by atoms with Crippen molar-refractivity contribution in [2.45, 2.75) is 25.8 Å². The second-order valence-electron chi connectivity index (χ2n) is 6.05. The van der Waals surface area contributed by atoms with Crippen LogP contribution < -0.4 is 5.32 Å². The lowest BCUT2D eigenvalue weighted by Gasteiger charge is -2.24. The maximum absolute atomic E-state index is 12.4. The minimum absolute atomic E-state index is 0.0122. The van der Waals surface area contributed by atoms with Crippen LogP contribution >= 0.6 is 11.6 Å². The van der Waals surface area contributed by atoms with Gasteiger partial charge in [-0.25, -0.2) is 0 Å². The Balaban J connectivity index is 1.66. The van der Waals surface area contributed by atoms with Crippen LogP contribution in [-0.4, -0.2) is 23.9 Å². The molecule has 3 rings (SSSR count). The average Bonchev–Trinajstić information content (AvgIpc) is 3.00. The van der Waals surface area contributed by atoms with E-state index in [1.807, 2.05) is 25.1 Å². The van der Waals surface area contributed by atoms with Crippen molar-refractivity contribution in [3.05, 3.63) is 64.7 Å². The first-order valence-corrected chi connectivity index (χ1v) is 8.36. The molecule has 0 saturated carbocycles. The summed E-state index contributed by atoms with van der Waals surface area (Å²) in [5.41, 5.74) is 3.10. The van der Waals surface area contributed by atoms with Gasteiger partial charge in [0.25, 0.3) is 0 Å². The van der Waals surface area contributed by atoms with Gasteiger partial charge in [0, 0.05) is 16.8 Å². The smallest absolute Gasteiger partial charge is 0.238 e. The summed E-state index contributed by atoms with van der Waals surface area (Å²) in [6, 6.07) is 16.3. The Hall–Kier alpha value is -1.84. The zero-order valence-corrected chi connectivity index (χ0v) is 14.0. The predicted octanol–water partition coefficient (Wildman–Crippen LogP) is 4.42. The minimum Gasteiger partial charge on any atom is -0.325 e. The normalized spacial score (nSPS) is 18.1. The highest BCUT2D eigenvalue weighted by Gasteiger charge is 2.27. The fourth-order valence-electron chi connectivity index (χ4n) is 3.17. The van der Waals surface area contributed by atoms with Crippen LogP contribution in [-0.2, 0) is 4.79 Å². The van der Waals surface area contributed by atoms with Crippen LogP contribution in [0.3, 0.4) is 0 Å². The number of benzene rings is 2. The zero-order chi connectivity index (χ0) is 16.2. The van der Waals surface area contributed by atoms with Gasteiger partial charge in [-0.2, -0.15) is 0 Å². The van der Waals surface area contributed by atoms with Crippen molar-refractivity contribution in [1.82, 2.24) is 4.90 Å². The van der Waals surface area contributed by atoms with Gasteiger partial charge in [0.05, 0.1) is 6.54 Å². The lowest BCUT2D eigenvalue weighted by atomic mass is 10.0. The third-order valence-electron chi connectivity index (χ3n) is 4.37. The molecule has 0 aliphatic carbocycles. The number of nitrogens with zero attached hydrogens (tertiary/aromatic N) is 1. The molecule has 0 bridgehead atoms. The molecule has 1 fully saturated rings. The van der Waals surface area contributed by atoms with E-state index in [1.54, 1.807) is 6.07 Å². The fraction of sp³-hybridized carbons (Fsp3) is 0.316. The summed E-state index contributed by atoms with van der Waals surface area (Å²) >= 11 is 6.01. The lowest BCUT2D eigenvalue weighted by Crippen LogP contribution is -2.33. The Morgan fingerprint density at radius 3 is 2.83 bits per heavy atom. The first-order valence-electron chi connectivity index (χ1n) is 7.98. The molecule has 23 heavy (non-hydrogen) atoms. The van der Waals surface area contributed by atoms with E-state index >= 15 is 0 Å². The topological polar surface area (TPSA) is 32.3 Å². The summed E-state index contributed by atoms with van der Waals surface area (Å²) in [4.78, 5) is 14.7. The van der Waals surface area contributed by atoms with Crippen molar-refractivity contribution >= 4 is 23.2 Å². The molecule has 4 heteroatoms. The first-order chi connectivity index (χ1) is 11.1. The van der Waals surface area contributed by atoms with Gasteiger partial charge < -0.3 is 5.32 Å². The maximum Gasteiger partial charge on any atom is 0.238 e. The molecule has 1 aliphatic heterocycles. The third kappa shape index (κ3) is 3.92. The van der Waals surface area contributed by atoms with Gasteiger partial charge in [0.2, 0.25) is 5.91 Å². The van der Waals surface area contributed by atoms with Crippen molar-refractivity contribution in [1.29, 1.82) is 0 Å². The molecule has 0 radical (unpaired) electrons. The van der Waals surface area contributed by atoms with Gasteiger partial charge in [-0.1, -0.05) is 48.0 Å². The molecule has 1 unspecified atom stereocenters. The van der Waals surface area contributed by atoms with Crippen molar-refractivity contribution in [2.24, 2.45) is 0 Å². The van der Waals surface area contributed by atoms with Crippen LogP contribution in [0.4, 0.5) is 5.69 Å². The van der Waals surface area contributed by atoms with Crippen LogP contribution in [0.2, 0.25) is 5.02 Å². The second kappa shape index (κ2) is 7.16. The molecule has 1 amide bonds. The highest BCUT2D eigenvalue weighted by atomic mass is 35.5. The Kier molecular flexibility index (Phi) is 4.99. The molecule has 1 aliphatic rings. The van der Waals surface area contributed by atoms with E-state index in [4.69, 9.17) is 11.6 Å². The molecule has 0 spiro atoms. The predicted molar refractivity (Wildman–Crippen MR) is 94.8 cm³/mol. The van der Waals surface area contributed by atoms with Crippen LogP contribution in [0, 0.1) is 6.92 Å². The summed E-state index contributed by atoms with van der Waals surface area (Å²) < 4.78 is 0. The molecule has 0 aromatic heterocycles. The summed E-state index contributed by atoms with van der Waals surface area (Å²) in [6.07, 6.45) is 2.23. The van der Waals surface area contributed by atoms with E-state index in [0.29, 0.717) is 17.6 Å². The number of carbonyl (C=O) groups excluding carboxylic acids is 1. The van der Waals surface area contributed by atoms with Crippen LogP contribution in [0.5, 0.6) is 0 Å². The zero-order valence-electron chi connectivity index (χ0n) is 13.3. The fourth-order valence-corrected chi connectivity index (χ4v) is 3.34. The van der Waals surface area contributed by atoms with E-state index in [-0.39, 0.29) is 5.91 Å². The quantitative estimate of drug-likeness (QED) is 0.900. The highest BCUT2D eigenvalue weighted by molar-refractivity contribution is 6.31. The Morgan fingerprint density at radius 2 is 2.04 bits per heavy atom. The number of halogens is 1. The molecular weight excluding hydrogens is 308 g/mol. The third-order valence-corrected chi connectivity index (χ3v) is 4.60. The van der Waals surface area contributed by atoms with Gasteiger partial charge in [-0.15, -0.1) is 0 Å². The number of hydrogen-bond donors (Lipinski definition) is 1. The van der Waals surface area contributed by atoms with Crippen molar-refractivity contribution < 1.29 is 4.79 Å². The highest BCUT2D eigenvalue weighted by Crippen LogP contribution is 2.31. The first kappa shape index (κ1) is 16.0. The molecule has 3 nitrogen and oxygen atoms in total. The van der Waals surface area contributed by atoms with E-state index in [0.717, 1.165) is 30.6 Å². The van der Waals surface area contributed by atoms with Crippen LogP contribution in [0.15, 0.2) is 48.5 Å². The minimum atomic E-state index is 0.0122. The Bertz CT molecular complexity index is 687. The number of anilines is 1. The summed E-state index contributed by atoms with van der Waals surface area (Å²) in [6.45, 7) is 3.33. The van der Waals surface area contributed by atoms with Crippen molar-refractivity contribution in [2.75, 3.05) is 18.4 Å². The van der Waals surface area contributed by atoms with Gasteiger partial charge in [0.15, 0.2) is 0 Å². The van der Waals surface area contributed by atoms with Crippen molar-refractivity contribution in [3.63, 3.8) is 0 Å². The summed E-state index contributed by atoms with van der Waals surface area (Å²) in [5.74, 6) is 0.0122. The van der Waals surface area contributed by atoms with E-state index in [9.17, 15) is 4.79 Å². The van der Waals surface area contributed by atoms with Gasteiger partial charge in [0.1, 0.15) is 0 Å². The molecule has 1 saturated heterocycles. The van der Waals surface area contributed by atoms with Crippen LogP contribution in [0.25, 0.3) is 0 Å². The number of amides is 1. The Morgan fingerprint density at radius 1 is 1.26 bits per heavy atom. The van der Waals surface area contributed by atoms with Gasteiger partial charge in [-0.05, 0) is 49.6 Å². The Labute approximate surface area is 142 Å². The molecule has 120 valence electrons. The number of carbonyl (C=O) groups is 1. The number of nitrogens with one attached hydrogen (secondary N) is 1. The average molecular weight is 329 g/mol. The van der Waals surface area contributed by atoms with Crippen molar-refractivity contribution in [3.8, 4) is 0 Å². The summed E-state index contributed by atoms with van der Waals surface area (Å²) in [7, 11) is 0. The van der Waals surface area contributed by atoms with Gasteiger partial charge >= 0.3 is 0 Å². The largest absolute Gasteiger partial charge is 0.325 e. The number of hydrogen-bond acceptors (Lipinski definition) is 2. The monoisotopic (exact) mass is 328 g/mol. The molecule has 2 aromatic rings. The number of likely N-dealkylation sites (tertiary alicyclic amines) is 1. The van der Waals surface area contributed by atoms with Crippen LogP contribution in [0.1, 0.15) is 30.0 Å². The van der Waals surface area contributed by atoms with E-state index < -0.39 is 0 Å². The molecule has 1 N–H and O–H groups in total. The lowest BCUT2D eigenvalue weighted by molar-refractivity contribution is -0.117. The standard InChI is InChI=1S/C19H21ClN2O/c1-14-9-10-16(20)12-17(14)21-19(23)13-22-11-5-8-18(22)15-6-3-2-4-7-15/h2-4,6-7,9-10,12,18H,5,8,11,13H2,1H3,(H,21,23). The molecule has 1 heterocycles. The number of aryl methyl sites for hydroxylation is 1. The van der Waals surface area contributed by atoms with E-state index in [1.165, 1.54) is 5.56 Å².